The molecule has 1 saturated heterocycles. The first-order valence-electron chi connectivity index (χ1n) is 17.8. The molecule has 5 rings (SSSR count). The molecule has 3 aliphatic rings. The Morgan fingerprint density at radius 3 is 1.76 bits per heavy atom. The Labute approximate surface area is 264 Å². The summed E-state index contributed by atoms with van der Waals surface area (Å²) in [5.41, 5.74) is 13.3. The second-order valence-corrected chi connectivity index (χ2v) is 27.7. The molecule has 0 N–H and O–H groups in total. The molecule has 42 heavy (non-hydrogen) atoms. The molecule has 1 heterocycles. The summed E-state index contributed by atoms with van der Waals surface area (Å²) in [7, 11) is 0. The third-order valence-electron chi connectivity index (χ3n) is 11.6. The van der Waals surface area contributed by atoms with Crippen molar-refractivity contribution >= 4 is 0 Å². The second-order valence-electron chi connectivity index (χ2n) is 15.5. The Hall–Kier alpha value is -1.20. The molecule has 2 aliphatic carbocycles. The molecule has 0 aromatic heterocycles. The molecule has 0 nitrogen and oxygen atoms in total. The molecular weight excluding hydrogens is 584 g/mol. The molecule has 228 valence electrons. The number of unbranched alkanes of at least 4 members (excludes halogenated alkanes) is 3. The van der Waals surface area contributed by atoms with E-state index in [1.165, 1.54) is 57.8 Å². The van der Waals surface area contributed by atoms with Gasteiger partial charge >= 0.3 is 266 Å². The van der Waals surface area contributed by atoms with E-state index in [9.17, 15) is 0 Å². The first-order chi connectivity index (χ1) is 20.1. The number of hydrogen-bond donors (Lipinski definition) is 0. The van der Waals surface area contributed by atoms with Crippen LogP contribution in [-0.2, 0) is 33.1 Å². The van der Waals surface area contributed by atoms with Gasteiger partial charge in [-0.1, -0.05) is 0 Å². The van der Waals surface area contributed by atoms with Gasteiger partial charge in [0.25, 0.3) is 0 Å². The summed E-state index contributed by atoms with van der Waals surface area (Å²) in [5, 5.41) is 0. The van der Waals surface area contributed by atoms with Crippen LogP contribution in [0.1, 0.15) is 135 Å². The fourth-order valence-electron chi connectivity index (χ4n) is 8.77. The summed E-state index contributed by atoms with van der Waals surface area (Å²) in [4.78, 5) is 0. The van der Waals surface area contributed by atoms with Gasteiger partial charge in [0.15, 0.2) is 0 Å². The van der Waals surface area contributed by atoms with Gasteiger partial charge in [-0.3, -0.25) is 0 Å². The molecule has 0 saturated carbocycles. The van der Waals surface area contributed by atoms with Crippen LogP contribution in [0.4, 0.5) is 0 Å². The van der Waals surface area contributed by atoms with Crippen molar-refractivity contribution in [2.24, 2.45) is 10.8 Å². The number of benzene rings is 2. The van der Waals surface area contributed by atoms with Crippen molar-refractivity contribution in [2.75, 3.05) is 0 Å². The van der Waals surface area contributed by atoms with Crippen molar-refractivity contribution in [3.05, 3.63) is 82.0 Å². The van der Waals surface area contributed by atoms with Crippen molar-refractivity contribution in [3.63, 3.8) is 0 Å². The SMILES string of the molecule is CCCCc1ccc2c(c1)C(C(CC)([CH2][Zr]1([CH2]CCC)[CH2][CH]1C)C1=CC(C(C)(C)C)=CC1)c1cc(CCCC)ccc1-2. The van der Waals surface area contributed by atoms with Crippen LogP contribution in [0.2, 0.25) is 16.0 Å². The molecule has 1 heteroatoms. The second kappa shape index (κ2) is 13.0. The standard InChI is InChI=1S/C34H45.C4H9.C3H6.Zr/c1-8-11-13-24-15-19-28-29-20-16-25(14-12-9-2)22-31(29)32(30(28)21-24)34(7,10-3)27-18-17-26(23-27)33(4,5)6;1-3-4-2;1-3-2;/h15-17,19-23,32H,7-14,18H2,1-6H3;1,3-4H2,2H3;3H,1H2,2H3;. The van der Waals surface area contributed by atoms with Crippen LogP contribution in [0.15, 0.2) is 59.7 Å². The molecule has 1 aliphatic heterocycles. The van der Waals surface area contributed by atoms with Gasteiger partial charge < -0.3 is 0 Å². The van der Waals surface area contributed by atoms with Gasteiger partial charge in [0.1, 0.15) is 0 Å². The Morgan fingerprint density at radius 1 is 0.786 bits per heavy atom. The Morgan fingerprint density at radius 2 is 1.33 bits per heavy atom. The average molecular weight is 644 g/mol. The van der Waals surface area contributed by atoms with Crippen LogP contribution in [0, 0.1) is 10.8 Å². The molecule has 0 spiro atoms. The van der Waals surface area contributed by atoms with Gasteiger partial charge in [-0.2, -0.15) is 0 Å². The van der Waals surface area contributed by atoms with Gasteiger partial charge in [0, 0.05) is 0 Å². The summed E-state index contributed by atoms with van der Waals surface area (Å²) in [6, 6.07) is 15.3. The van der Waals surface area contributed by atoms with E-state index < -0.39 is 20.3 Å². The van der Waals surface area contributed by atoms with E-state index in [1.54, 1.807) is 56.9 Å². The van der Waals surface area contributed by atoms with Crippen LogP contribution in [0.25, 0.3) is 11.1 Å². The zero-order valence-corrected chi connectivity index (χ0v) is 30.9. The number of rotatable bonds is 14. The van der Waals surface area contributed by atoms with Gasteiger partial charge in [-0.25, -0.2) is 0 Å². The Balaban J connectivity index is 1.71. The number of allylic oxidation sites excluding steroid dienone is 4. The van der Waals surface area contributed by atoms with Crippen molar-refractivity contribution in [1.29, 1.82) is 0 Å². The summed E-state index contributed by atoms with van der Waals surface area (Å²) in [5.74, 6) is 0.498. The maximum absolute atomic E-state index is 2.72. The zero-order valence-electron chi connectivity index (χ0n) is 28.5. The van der Waals surface area contributed by atoms with E-state index >= 15 is 0 Å². The summed E-state index contributed by atoms with van der Waals surface area (Å²) in [6.45, 7) is 19.5. The molecule has 0 bridgehead atoms. The summed E-state index contributed by atoms with van der Waals surface area (Å²) >= 11 is -2.24. The van der Waals surface area contributed by atoms with Gasteiger partial charge in [-0.15, -0.1) is 0 Å². The topological polar surface area (TPSA) is 0 Å². The summed E-state index contributed by atoms with van der Waals surface area (Å²) in [6.07, 6.45) is 18.1. The fourth-order valence-corrected chi connectivity index (χ4v) is 26.4. The van der Waals surface area contributed by atoms with Crippen LogP contribution in [0.5, 0.6) is 0 Å². The van der Waals surface area contributed by atoms with E-state index in [2.05, 4.69) is 104 Å². The minimum absolute atomic E-state index is 0.212. The van der Waals surface area contributed by atoms with Crippen molar-refractivity contribution in [2.45, 2.75) is 142 Å². The van der Waals surface area contributed by atoms with Crippen molar-refractivity contribution in [3.8, 4) is 11.1 Å². The molecule has 2 aromatic carbocycles. The minimum atomic E-state index is -2.24. The first-order valence-corrected chi connectivity index (χ1v) is 24.4. The molecule has 0 radical (unpaired) electrons. The van der Waals surface area contributed by atoms with Crippen LogP contribution in [0.3, 0.4) is 0 Å². The molecule has 3 atom stereocenters. The van der Waals surface area contributed by atoms with Crippen molar-refractivity contribution < 1.29 is 20.3 Å². The molecular formula is C41H60Zr. The predicted octanol–water partition coefficient (Wildman–Crippen LogP) is 13.2. The van der Waals surface area contributed by atoms with Crippen molar-refractivity contribution in [1.82, 2.24) is 0 Å². The van der Waals surface area contributed by atoms with Gasteiger partial charge in [0.2, 0.25) is 0 Å². The van der Waals surface area contributed by atoms with E-state index in [0.717, 1.165) is 10.0 Å². The number of hydrogen-bond acceptors (Lipinski definition) is 0. The molecule has 2 aromatic rings. The quantitative estimate of drug-likeness (QED) is 0.192. The first kappa shape index (κ1) is 32.2. The summed E-state index contributed by atoms with van der Waals surface area (Å²) < 4.78 is 5.85. The van der Waals surface area contributed by atoms with Gasteiger partial charge in [-0.05, 0) is 0 Å². The molecule has 1 fully saturated rings. The predicted molar refractivity (Wildman–Crippen MR) is 183 cm³/mol. The molecule has 3 unspecified atom stereocenters. The van der Waals surface area contributed by atoms with Crippen LogP contribution < -0.4 is 0 Å². The maximum atomic E-state index is 2.72. The zero-order chi connectivity index (χ0) is 30.1. The van der Waals surface area contributed by atoms with Crippen LogP contribution in [-0.4, -0.2) is 0 Å². The van der Waals surface area contributed by atoms with E-state index in [4.69, 9.17) is 0 Å². The van der Waals surface area contributed by atoms with E-state index in [0.29, 0.717) is 5.92 Å². The van der Waals surface area contributed by atoms with E-state index in [-0.39, 0.29) is 10.8 Å². The molecule has 0 amide bonds. The third-order valence-corrected chi connectivity index (χ3v) is 26.1. The fraction of sp³-hybridized carbons (Fsp3) is 0.610. The monoisotopic (exact) mass is 642 g/mol. The van der Waals surface area contributed by atoms with Gasteiger partial charge in [0.05, 0.1) is 0 Å². The Bertz CT molecular complexity index is 1260. The Kier molecular flexibility index (Phi) is 10.00. The van der Waals surface area contributed by atoms with Crippen LogP contribution >= 0.6 is 0 Å². The third kappa shape index (κ3) is 6.17. The average Bonchev–Trinajstić information content (AvgIpc) is 3.30. The normalized spacial score (nSPS) is 22.9. The van der Waals surface area contributed by atoms with E-state index in [1.807, 2.05) is 0 Å². The number of fused-ring (bicyclic) bond motifs is 3. The number of aryl methyl sites for hydroxylation is 2.